The van der Waals surface area contributed by atoms with Gasteiger partial charge in [0, 0.05) is 5.92 Å². The molecule has 0 bridgehead atoms. The van der Waals surface area contributed by atoms with E-state index in [9.17, 15) is 0 Å². The third kappa shape index (κ3) is 4.02. The van der Waals surface area contributed by atoms with Gasteiger partial charge in [0.05, 0.1) is 6.61 Å². The van der Waals surface area contributed by atoms with Gasteiger partial charge in [-0.05, 0) is 35.6 Å². The zero-order valence-corrected chi connectivity index (χ0v) is 12.4. The van der Waals surface area contributed by atoms with Crippen molar-refractivity contribution in [1.82, 2.24) is 0 Å². The maximum Gasteiger partial charge on any atom is 0.123 e. The molecule has 1 aromatic rings. The number of hydrogen-bond donors (Lipinski definition) is 1. The summed E-state index contributed by atoms with van der Waals surface area (Å²) in [7, 11) is 0. The van der Waals surface area contributed by atoms with E-state index in [0.717, 1.165) is 12.2 Å². The van der Waals surface area contributed by atoms with E-state index in [0.29, 0.717) is 19.1 Å². The topological polar surface area (TPSA) is 35.2 Å². The molecule has 1 unspecified atom stereocenters. The van der Waals surface area contributed by atoms with Crippen molar-refractivity contribution in [1.29, 1.82) is 0 Å². The van der Waals surface area contributed by atoms with Crippen molar-refractivity contribution in [3.05, 3.63) is 29.3 Å². The summed E-state index contributed by atoms with van der Waals surface area (Å²) in [6.07, 6.45) is 1.06. The number of hydrogen-bond acceptors (Lipinski definition) is 2. The van der Waals surface area contributed by atoms with Crippen molar-refractivity contribution in [3.63, 3.8) is 0 Å². The van der Waals surface area contributed by atoms with E-state index in [1.807, 2.05) is 0 Å². The molecule has 0 spiro atoms. The van der Waals surface area contributed by atoms with E-state index < -0.39 is 0 Å². The van der Waals surface area contributed by atoms with Crippen LogP contribution >= 0.6 is 0 Å². The first-order valence-electron chi connectivity index (χ1n) is 6.84. The van der Waals surface area contributed by atoms with E-state index >= 15 is 0 Å². The Bertz CT molecular complexity index is 379. The Hall–Kier alpha value is -1.02. The summed E-state index contributed by atoms with van der Waals surface area (Å²) in [4.78, 5) is 0. The Morgan fingerprint density at radius 1 is 1.28 bits per heavy atom. The molecule has 0 saturated heterocycles. The summed E-state index contributed by atoms with van der Waals surface area (Å²) < 4.78 is 5.94. The van der Waals surface area contributed by atoms with Crippen molar-refractivity contribution < 1.29 is 4.74 Å². The normalized spacial score (nSPS) is 13.4. The van der Waals surface area contributed by atoms with E-state index in [-0.39, 0.29) is 5.41 Å². The standard InChI is InChI=1S/C16H27NO/c1-6-13-7-8-15(18-11-12(2)10-17)14(9-13)16(3,4)5/h7-9,12H,6,10-11,17H2,1-5H3. The first-order valence-corrected chi connectivity index (χ1v) is 6.84. The first kappa shape index (κ1) is 15.0. The minimum absolute atomic E-state index is 0.104. The van der Waals surface area contributed by atoms with Gasteiger partial charge in [-0.3, -0.25) is 0 Å². The van der Waals surface area contributed by atoms with Gasteiger partial charge >= 0.3 is 0 Å². The molecule has 0 aliphatic heterocycles. The van der Waals surface area contributed by atoms with Crippen LogP contribution in [-0.4, -0.2) is 13.2 Å². The van der Waals surface area contributed by atoms with Gasteiger partial charge in [0.25, 0.3) is 0 Å². The van der Waals surface area contributed by atoms with Crippen molar-refractivity contribution in [2.75, 3.05) is 13.2 Å². The molecule has 0 amide bonds. The molecule has 0 radical (unpaired) electrons. The summed E-state index contributed by atoms with van der Waals surface area (Å²) in [5.74, 6) is 1.39. The molecule has 2 heteroatoms. The Balaban J connectivity index is 2.96. The molecule has 0 aromatic heterocycles. The van der Waals surface area contributed by atoms with E-state index in [1.165, 1.54) is 11.1 Å². The highest BCUT2D eigenvalue weighted by Crippen LogP contribution is 2.32. The minimum Gasteiger partial charge on any atom is -0.493 e. The number of nitrogens with two attached hydrogens (primary N) is 1. The number of aryl methyl sites for hydroxylation is 1. The molecular weight excluding hydrogens is 222 g/mol. The van der Waals surface area contributed by atoms with Crippen LogP contribution in [0.3, 0.4) is 0 Å². The monoisotopic (exact) mass is 249 g/mol. The summed E-state index contributed by atoms with van der Waals surface area (Å²) in [6.45, 7) is 12.3. The van der Waals surface area contributed by atoms with Crippen LogP contribution in [0.5, 0.6) is 5.75 Å². The summed E-state index contributed by atoms with van der Waals surface area (Å²) >= 11 is 0. The second-order valence-corrected chi connectivity index (χ2v) is 6.09. The van der Waals surface area contributed by atoms with Gasteiger partial charge in [-0.15, -0.1) is 0 Å². The lowest BCUT2D eigenvalue weighted by Gasteiger charge is -2.24. The van der Waals surface area contributed by atoms with Crippen LogP contribution in [0.15, 0.2) is 18.2 Å². The molecule has 0 saturated carbocycles. The number of benzene rings is 1. The molecule has 2 nitrogen and oxygen atoms in total. The maximum absolute atomic E-state index is 5.94. The molecule has 0 aliphatic rings. The predicted molar refractivity (Wildman–Crippen MR) is 78.2 cm³/mol. The lowest BCUT2D eigenvalue weighted by atomic mass is 9.85. The van der Waals surface area contributed by atoms with Crippen LogP contribution in [0.1, 0.15) is 45.7 Å². The van der Waals surface area contributed by atoms with Crippen LogP contribution in [0.25, 0.3) is 0 Å². The van der Waals surface area contributed by atoms with Gasteiger partial charge in [0.15, 0.2) is 0 Å². The SMILES string of the molecule is CCc1ccc(OCC(C)CN)c(C(C)(C)C)c1. The highest BCUT2D eigenvalue weighted by Gasteiger charge is 2.19. The fourth-order valence-electron chi connectivity index (χ4n) is 1.81. The summed E-state index contributed by atoms with van der Waals surface area (Å²) in [6, 6.07) is 6.52. The molecule has 18 heavy (non-hydrogen) atoms. The third-order valence-electron chi connectivity index (χ3n) is 3.19. The van der Waals surface area contributed by atoms with Gasteiger partial charge in [0.2, 0.25) is 0 Å². The van der Waals surface area contributed by atoms with Gasteiger partial charge in [-0.1, -0.05) is 46.8 Å². The predicted octanol–water partition coefficient (Wildman–Crippen LogP) is 3.52. The zero-order valence-electron chi connectivity index (χ0n) is 12.4. The van der Waals surface area contributed by atoms with E-state index in [1.54, 1.807) is 0 Å². The lowest BCUT2D eigenvalue weighted by Crippen LogP contribution is -2.20. The fraction of sp³-hybridized carbons (Fsp3) is 0.625. The van der Waals surface area contributed by atoms with Gasteiger partial charge < -0.3 is 10.5 Å². The van der Waals surface area contributed by atoms with Gasteiger partial charge in [0.1, 0.15) is 5.75 Å². The van der Waals surface area contributed by atoms with Crippen LogP contribution in [0.4, 0.5) is 0 Å². The van der Waals surface area contributed by atoms with Crippen LogP contribution in [0.2, 0.25) is 0 Å². The quantitative estimate of drug-likeness (QED) is 0.866. The molecule has 1 aromatic carbocycles. The number of rotatable bonds is 5. The average molecular weight is 249 g/mol. The molecule has 0 fully saturated rings. The Morgan fingerprint density at radius 3 is 2.44 bits per heavy atom. The van der Waals surface area contributed by atoms with Crippen molar-refractivity contribution in [2.45, 2.75) is 46.5 Å². The van der Waals surface area contributed by atoms with E-state index in [4.69, 9.17) is 10.5 Å². The third-order valence-corrected chi connectivity index (χ3v) is 3.19. The van der Waals surface area contributed by atoms with Crippen LogP contribution in [-0.2, 0) is 11.8 Å². The molecule has 0 aliphatic carbocycles. The molecule has 1 atom stereocenters. The Morgan fingerprint density at radius 2 is 1.94 bits per heavy atom. The maximum atomic E-state index is 5.94. The Labute approximate surface area is 112 Å². The summed E-state index contributed by atoms with van der Waals surface area (Å²) in [5, 5.41) is 0. The average Bonchev–Trinajstić information content (AvgIpc) is 2.34. The fourth-order valence-corrected chi connectivity index (χ4v) is 1.81. The van der Waals surface area contributed by atoms with Crippen LogP contribution in [0, 0.1) is 5.92 Å². The van der Waals surface area contributed by atoms with Crippen molar-refractivity contribution >= 4 is 0 Å². The Kier molecular flexibility index (Phi) is 5.21. The smallest absolute Gasteiger partial charge is 0.123 e. The highest BCUT2D eigenvalue weighted by atomic mass is 16.5. The number of ether oxygens (including phenoxy) is 1. The van der Waals surface area contributed by atoms with Crippen molar-refractivity contribution in [3.8, 4) is 5.75 Å². The van der Waals surface area contributed by atoms with E-state index in [2.05, 4.69) is 52.8 Å². The largest absolute Gasteiger partial charge is 0.493 e. The lowest BCUT2D eigenvalue weighted by molar-refractivity contribution is 0.258. The van der Waals surface area contributed by atoms with Gasteiger partial charge in [-0.25, -0.2) is 0 Å². The van der Waals surface area contributed by atoms with Crippen molar-refractivity contribution in [2.24, 2.45) is 11.7 Å². The molecule has 2 N–H and O–H groups in total. The molecule has 0 heterocycles. The first-order chi connectivity index (χ1) is 8.38. The highest BCUT2D eigenvalue weighted by molar-refractivity contribution is 5.41. The second kappa shape index (κ2) is 6.24. The molecule has 1 rings (SSSR count). The van der Waals surface area contributed by atoms with Crippen LogP contribution < -0.4 is 10.5 Å². The zero-order chi connectivity index (χ0) is 13.8. The van der Waals surface area contributed by atoms with Gasteiger partial charge in [-0.2, -0.15) is 0 Å². The summed E-state index contributed by atoms with van der Waals surface area (Å²) in [5.41, 5.74) is 8.37. The molecular formula is C16H27NO. The molecule has 102 valence electrons. The second-order valence-electron chi connectivity index (χ2n) is 6.09. The minimum atomic E-state index is 0.104.